The summed E-state index contributed by atoms with van der Waals surface area (Å²) in [5, 5.41) is 2.93. The second-order valence-corrected chi connectivity index (χ2v) is 4.52. The van der Waals surface area contributed by atoms with Gasteiger partial charge in [-0.25, -0.2) is 4.98 Å². The fraction of sp³-hybridized carbons (Fsp3) is 0.545. The summed E-state index contributed by atoms with van der Waals surface area (Å²) < 4.78 is 5.67. The normalized spacial score (nSPS) is 30.5. The molecule has 2 aliphatic heterocycles. The van der Waals surface area contributed by atoms with Crippen LogP contribution in [0.1, 0.15) is 29.8 Å². The number of aromatic nitrogens is 2. The lowest BCUT2D eigenvalue weighted by molar-refractivity contribution is 0.0837. The number of amides is 1. The third-order valence-corrected chi connectivity index (χ3v) is 3.31. The van der Waals surface area contributed by atoms with E-state index in [1.54, 1.807) is 0 Å². The molecule has 0 radical (unpaired) electrons. The Hall–Kier alpha value is -1.69. The topological polar surface area (TPSA) is 90.1 Å². The average molecular weight is 234 g/mol. The van der Waals surface area contributed by atoms with E-state index in [1.807, 2.05) is 0 Å². The Morgan fingerprint density at radius 1 is 1.47 bits per heavy atom. The van der Waals surface area contributed by atoms with Gasteiger partial charge in [0.15, 0.2) is 0 Å². The van der Waals surface area contributed by atoms with E-state index in [0.717, 1.165) is 19.3 Å². The molecule has 1 aromatic rings. The van der Waals surface area contributed by atoms with Crippen molar-refractivity contribution in [2.45, 2.75) is 37.5 Å². The molecule has 17 heavy (non-hydrogen) atoms. The highest BCUT2D eigenvalue weighted by molar-refractivity contribution is 5.92. The molecule has 3 atom stereocenters. The van der Waals surface area contributed by atoms with Crippen molar-refractivity contribution in [3.8, 4) is 0 Å². The van der Waals surface area contributed by atoms with Crippen LogP contribution in [0.4, 0.5) is 5.82 Å². The van der Waals surface area contributed by atoms with Crippen molar-refractivity contribution < 1.29 is 9.53 Å². The molecule has 0 saturated carbocycles. The first kappa shape index (κ1) is 10.5. The van der Waals surface area contributed by atoms with Crippen LogP contribution in [0.2, 0.25) is 0 Å². The molecule has 6 nitrogen and oxygen atoms in total. The zero-order valence-electron chi connectivity index (χ0n) is 9.30. The van der Waals surface area contributed by atoms with Gasteiger partial charge in [0.25, 0.3) is 5.91 Å². The number of ether oxygens (including phenoxy) is 1. The molecule has 2 bridgehead atoms. The van der Waals surface area contributed by atoms with Crippen LogP contribution >= 0.6 is 0 Å². The number of carbonyl (C=O) groups excluding carboxylic acids is 1. The molecule has 3 N–H and O–H groups in total. The summed E-state index contributed by atoms with van der Waals surface area (Å²) in [6.07, 6.45) is 6.34. The number of carbonyl (C=O) groups is 1. The summed E-state index contributed by atoms with van der Waals surface area (Å²) >= 11 is 0. The van der Waals surface area contributed by atoms with E-state index in [0.29, 0.717) is 6.10 Å². The molecule has 6 heteroatoms. The molecule has 0 spiro atoms. The summed E-state index contributed by atoms with van der Waals surface area (Å²) in [6, 6.07) is 0.101. The number of nitrogens with two attached hydrogens (primary N) is 1. The van der Waals surface area contributed by atoms with Gasteiger partial charge in [0.2, 0.25) is 0 Å². The van der Waals surface area contributed by atoms with Crippen LogP contribution in [0.3, 0.4) is 0 Å². The lowest BCUT2D eigenvalue weighted by Gasteiger charge is -2.19. The monoisotopic (exact) mass is 234 g/mol. The van der Waals surface area contributed by atoms with Crippen molar-refractivity contribution in [1.29, 1.82) is 0 Å². The van der Waals surface area contributed by atoms with Gasteiger partial charge in [-0.2, -0.15) is 0 Å². The molecule has 1 aromatic heterocycles. The van der Waals surface area contributed by atoms with Gasteiger partial charge < -0.3 is 15.8 Å². The fourth-order valence-corrected chi connectivity index (χ4v) is 2.52. The van der Waals surface area contributed by atoms with E-state index in [-0.39, 0.29) is 29.6 Å². The molecule has 2 fully saturated rings. The highest BCUT2D eigenvalue weighted by atomic mass is 16.5. The Morgan fingerprint density at radius 3 is 3.00 bits per heavy atom. The lowest BCUT2D eigenvalue weighted by Crippen LogP contribution is -2.41. The molecule has 0 aromatic carbocycles. The standard InChI is InChI=1S/C11H14N4O2/c12-10-5-13-4-8(14-10)11(16)15-7-3-6-1-2-9(7)17-6/h4-7,9H,1-3H2,(H2,12,14)(H,15,16). The third kappa shape index (κ3) is 1.95. The van der Waals surface area contributed by atoms with E-state index >= 15 is 0 Å². The minimum Gasteiger partial charge on any atom is -0.382 e. The summed E-state index contributed by atoms with van der Waals surface area (Å²) in [5.74, 6) is 0.0211. The molecular weight excluding hydrogens is 220 g/mol. The predicted molar refractivity (Wildman–Crippen MR) is 60.2 cm³/mol. The average Bonchev–Trinajstić information content (AvgIpc) is 2.91. The summed E-state index contributed by atoms with van der Waals surface area (Å²) in [6.45, 7) is 0. The van der Waals surface area contributed by atoms with Gasteiger partial charge in [-0.1, -0.05) is 0 Å². The van der Waals surface area contributed by atoms with Crippen LogP contribution in [0, 0.1) is 0 Å². The highest BCUT2D eigenvalue weighted by Gasteiger charge is 2.41. The molecular formula is C11H14N4O2. The van der Waals surface area contributed by atoms with E-state index in [4.69, 9.17) is 10.5 Å². The van der Waals surface area contributed by atoms with E-state index < -0.39 is 0 Å². The van der Waals surface area contributed by atoms with Gasteiger partial charge in [0.05, 0.1) is 30.6 Å². The van der Waals surface area contributed by atoms with E-state index in [2.05, 4.69) is 15.3 Å². The van der Waals surface area contributed by atoms with Gasteiger partial charge in [-0.15, -0.1) is 0 Å². The Balaban J connectivity index is 1.68. The number of nitrogens with one attached hydrogen (secondary N) is 1. The molecule has 90 valence electrons. The molecule has 3 unspecified atom stereocenters. The minimum atomic E-state index is -0.231. The largest absolute Gasteiger partial charge is 0.382 e. The molecule has 3 heterocycles. The molecule has 2 aliphatic rings. The maximum atomic E-state index is 11.9. The zero-order valence-corrected chi connectivity index (χ0v) is 9.30. The summed E-state index contributed by atoms with van der Waals surface area (Å²) in [5.41, 5.74) is 5.74. The van der Waals surface area contributed by atoms with Crippen LogP contribution in [-0.2, 0) is 4.74 Å². The van der Waals surface area contributed by atoms with Crippen LogP contribution in [0.15, 0.2) is 12.4 Å². The summed E-state index contributed by atoms with van der Waals surface area (Å²) in [7, 11) is 0. The van der Waals surface area contributed by atoms with Gasteiger partial charge >= 0.3 is 0 Å². The van der Waals surface area contributed by atoms with Gasteiger partial charge in [0, 0.05) is 0 Å². The summed E-state index contributed by atoms with van der Waals surface area (Å²) in [4.78, 5) is 19.7. The Bertz CT molecular complexity index is 451. The zero-order chi connectivity index (χ0) is 11.8. The Kier molecular flexibility index (Phi) is 2.44. The third-order valence-electron chi connectivity index (χ3n) is 3.31. The molecule has 3 rings (SSSR count). The van der Waals surface area contributed by atoms with Gasteiger partial charge in [-0.3, -0.25) is 9.78 Å². The van der Waals surface area contributed by atoms with Crippen LogP contribution < -0.4 is 11.1 Å². The van der Waals surface area contributed by atoms with Crippen LogP contribution in [-0.4, -0.2) is 34.1 Å². The SMILES string of the molecule is Nc1cncc(C(=O)NC2CC3CCC2O3)n1. The minimum absolute atomic E-state index is 0.101. The number of nitrogens with zero attached hydrogens (tertiary/aromatic N) is 2. The smallest absolute Gasteiger partial charge is 0.271 e. The number of rotatable bonds is 2. The molecule has 0 aliphatic carbocycles. The van der Waals surface area contributed by atoms with Gasteiger partial charge in [0.1, 0.15) is 11.5 Å². The number of anilines is 1. The van der Waals surface area contributed by atoms with E-state index in [1.165, 1.54) is 12.4 Å². The Morgan fingerprint density at radius 2 is 2.35 bits per heavy atom. The first-order valence-corrected chi connectivity index (χ1v) is 5.76. The number of fused-ring (bicyclic) bond motifs is 2. The van der Waals surface area contributed by atoms with Crippen molar-refractivity contribution in [2.75, 3.05) is 5.73 Å². The first-order chi connectivity index (χ1) is 8.22. The van der Waals surface area contributed by atoms with E-state index in [9.17, 15) is 4.79 Å². The fourth-order valence-electron chi connectivity index (χ4n) is 2.52. The second kappa shape index (κ2) is 3.96. The van der Waals surface area contributed by atoms with Crippen LogP contribution in [0.5, 0.6) is 0 Å². The van der Waals surface area contributed by atoms with Crippen molar-refractivity contribution in [1.82, 2.24) is 15.3 Å². The van der Waals surface area contributed by atoms with Crippen molar-refractivity contribution in [2.24, 2.45) is 0 Å². The highest BCUT2D eigenvalue weighted by Crippen LogP contribution is 2.34. The van der Waals surface area contributed by atoms with Gasteiger partial charge in [-0.05, 0) is 19.3 Å². The number of hydrogen-bond donors (Lipinski definition) is 2. The first-order valence-electron chi connectivity index (χ1n) is 5.76. The Labute approximate surface area is 98.6 Å². The molecule has 1 amide bonds. The maximum absolute atomic E-state index is 11.9. The van der Waals surface area contributed by atoms with Crippen molar-refractivity contribution >= 4 is 11.7 Å². The lowest BCUT2D eigenvalue weighted by atomic mass is 9.95. The van der Waals surface area contributed by atoms with Crippen LogP contribution in [0.25, 0.3) is 0 Å². The number of nitrogen functional groups attached to an aromatic ring is 1. The number of hydrogen-bond acceptors (Lipinski definition) is 5. The quantitative estimate of drug-likeness (QED) is 0.758. The predicted octanol–water partition coefficient (Wildman–Crippen LogP) is 0.108. The molecule has 2 saturated heterocycles. The maximum Gasteiger partial charge on any atom is 0.271 e. The second-order valence-electron chi connectivity index (χ2n) is 4.52. The van der Waals surface area contributed by atoms with Crippen molar-refractivity contribution in [3.05, 3.63) is 18.1 Å². The van der Waals surface area contributed by atoms with Crippen molar-refractivity contribution in [3.63, 3.8) is 0 Å².